The van der Waals surface area contributed by atoms with Crippen LogP contribution in [0.15, 0.2) is 22.7 Å². The maximum absolute atomic E-state index is 13.9. The number of hydrogen-bond donors (Lipinski definition) is 1. The number of hydrogen-bond acceptors (Lipinski definition) is 3. The van der Waals surface area contributed by atoms with Crippen LogP contribution in [-0.4, -0.2) is 61.0 Å². The molecule has 2 fully saturated rings. The normalized spacial score (nSPS) is 20.8. The molecule has 1 aromatic rings. The molecule has 20 heavy (non-hydrogen) atoms. The molecule has 1 N–H and O–H groups in total. The Kier molecular flexibility index (Phi) is 4.05. The molecule has 1 aromatic carbocycles. The first-order chi connectivity index (χ1) is 9.66. The van der Waals surface area contributed by atoms with Crippen LogP contribution in [0.25, 0.3) is 0 Å². The lowest BCUT2D eigenvalue weighted by atomic mass is 10.0. The van der Waals surface area contributed by atoms with Gasteiger partial charge in [-0.1, -0.05) is 6.07 Å². The molecule has 2 aliphatic rings. The van der Waals surface area contributed by atoms with E-state index in [9.17, 15) is 9.18 Å². The van der Waals surface area contributed by atoms with Gasteiger partial charge < -0.3 is 10.2 Å². The van der Waals surface area contributed by atoms with Gasteiger partial charge in [0.15, 0.2) is 0 Å². The standard InChI is InChI=1S/C14H17BrFN3O/c15-12-3-1-2-11(13(12)16)14(20)19-8-10(9-19)18-6-4-17-5-7-18/h1-3,10,17H,4-9H2. The van der Waals surface area contributed by atoms with Crippen LogP contribution in [0.2, 0.25) is 0 Å². The lowest BCUT2D eigenvalue weighted by Crippen LogP contribution is -2.63. The number of carbonyl (C=O) groups excluding carboxylic acids is 1. The molecule has 0 aliphatic carbocycles. The van der Waals surface area contributed by atoms with Gasteiger partial charge in [-0.2, -0.15) is 0 Å². The number of nitrogens with zero attached hydrogens (tertiary/aromatic N) is 2. The van der Waals surface area contributed by atoms with Crippen LogP contribution in [0.5, 0.6) is 0 Å². The molecule has 2 aliphatic heterocycles. The second-order valence-corrected chi connectivity index (χ2v) is 6.11. The van der Waals surface area contributed by atoms with E-state index < -0.39 is 5.82 Å². The van der Waals surface area contributed by atoms with Gasteiger partial charge in [0.1, 0.15) is 5.82 Å². The Hall–Kier alpha value is -0.980. The number of benzene rings is 1. The van der Waals surface area contributed by atoms with E-state index in [1.165, 1.54) is 0 Å². The topological polar surface area (TPSA) is 35.6 Å². The van der Waals surface area contributed by atoms with Gasteiger partial charge >= 0.3 is 0 Å². The minimum absolute atomic E-state index is 0.151. The summed E-state index contributed by atoms with van der Waals surface area (Å²) in [5, 5.41) is 3.31. The zero-order chi connectivity index (χ0) is 14.1. The zero-order valence-electron chi connectivity index (χ0n) is 11.1. The van der Waals surface area contributed by atoms with Crippen molar-refractivity contribution in [3.05, 3.63) is 34.1 Å². The molecule has 0 spiro atoms. The molecular weight excluding hydrogens is 325 g/mol. The maximum Gasteiger partial charge on any atom is 0.256 e. The molecule has 0 aromatic heterocycles. The van der Waals surface area contributed by atoms with Gasteiger partial charge in [0.2, 0.25) is 0 Å². The highest BCUT2D eigenvalue weighted by Gasteiger charge is 2.36. The number of piperazine rings is 1. The number of carbonyl (C=O) groups is 1. The highest BCUT2D eigenvalue weighted by atomic mass is 79.9. The van der Waals surface area contributed by atoms with Gasteiger partial charge in [-0.25, -0.2) is 4.39 Å². The van der Waals surface area contributed by atoms with E-state index in [1.54, 1.807) is 23.1 Å². The van der Waals surface area contributed by atoms with Crippen LogP contribution in [0.3, 0.4) is 0 Å². The van der Waals surface area contributed by atoms with Crippen molar-refractivity contribution in [3.63, 3.8) is 0 Å². The molecule has 1 amide bonds. The van der Waals surface area contributed by atoms with Gasteiger partial charge in [0.05, 0.1) is 10.0 Å². The maximum atomic E-state index is 13.9. The minimum atomic E-state index is -0.469. The first kappa shape index (κ1) is 14.0. The highest BCUT2D eigenvalue weighted by Crippen LogP contribution is 2.23. The number of rotatable bonds is 2. The summed E-state index contributed by atoms with van der Waals surface area (Å²) in [5.74, 6) is -0.682. The molecule has 0 bridgehead atoms. The number of likely N-dealkylation sites (tertiary alicyclic amines) is 1. The molecular formula is C14H17BrFN3O. The minimum Gasteiger partial charge on any atom is -0.335 e. The molecule has 0 atom stereocenters. The second-order valence-electron chi connectivity index (χ2n) is 5.25. The molecule has 6 heteroatoms. The monoisotopic (exact) mass is 341 g/mol. The summed E-state index contributed by atoms with van der Waals surface area (Å²) in [6.07, 6.45) is 0. The van der Waals surface area contributed by atoms with Crippen molar-refractivity contribution < 1.29 is 9.18 Å². The fourth-order valence-corrected chi connectivity index (χ4v) is 3.10. The van der Waals surface area contributed by atoms with E-state index in [4.69, 9.17) is 0 Å². The van der Waals surface area contributed by atoms with Crippen molar-refractivity contribution in [2.75, 3.05) is 39.3 Å². The van der Waals surface area contributed by atoms with Gasteiger partial charge in [-0.3, -0.25) is 9.69 Å². The third-order valence-electron chi connectivity index (χ3n) is 4.00. The van der Waals surface area contributed by atoms with E-state index in [2.05, 4.69) is 26.1 Å². The van der Waals surface area contributed by atoms with Gasteiger partial charge in [-0.05, 0) is 28.1 Å². The van der Waals surface area contributed by atoms with Crippen molar-refractivity contribution in [1.29, 1.82) is 0 Å². The summed E-state index contributed by atoms with van der Waals surface area (Å²) < 4.78 is 14.2. The summed E-state index contributed by atoms with van der Waals surface area (Å²) in [6.45, 7) is 5.46. The smallest absolute Gasteiger partial charge is 0.256 e. The predicted octanol–water partition coefficient (Wildman–Crippen LogP) is 1.32. The Bertz CT molecular complexity index is 513. The van der Waals surface area contributed by atoms with Crippen molar-refractivity contribution in [1.82, 2.24) is 15.1 Å². The first-order valence-electron chi connectivity index (χ1n) is 6.85. The fraction of sp³-hybridized carbons (Fsp3) is 0.500. The quantitative estimate of drug-likeness (QED) is 0.881. The van der Waals surface area contributed by atoms with Crippen LogP contribution in [0.1, 0.15) is 10.4 Å². The average molecular weight is 342 g/mol. The molecule has 2 heterocycles. The molecule has 108 valence electrons. The van der Waals surface area contributed by atoms with Crippen LogP contribution in [-0.2, 0) is 0 Å². The van der Waals surface area contributed by atoms with E-state index >= 15 is 0 Å². The van der Waals surface area contributed by atoms with E-state index in [0.29, 0.717) is 23.6 Å². The Balaban J connectivity index is 1.61. The largest absolute Gasteiger partial charge is 0.335 e. The molecule has 4 nitrogen and oxygen atoms in total. The molecule has 0 radical (unpaired) electrons. The van der Waals surface area contributed by atoms with E-state index in [0.717, 1.165) is 26.2 Å². The molecule has 2 saturated heterocycles. The van der Waals surface area contributed by atoms with Crippen molar-refractivity contribution >= 4 is 21.8 Å². The Morgan fingerprint density at radius 3 is 2.70 bits per heavy atom. The fourth-order valence-electron chi connectivity index (χ4n) is 2.74. The molecule has 0 unspecified atom stereocenters. The average Bonchev–Trinajstić information content (AvgIpc) is 2.41. The van der Waals surface area contributed by atoms with Gasteiger partial charge in [0, 0.05) is 45.3 Å². The summed E-state index contributed by atoms with van der Waals surface area (Å²) in [5.41, 5.74) is 0.151. The Morgan fingerprint density at radius 2 is 2.00 bits per heavy atom. The summed E-state index contributed by atoms with van der Waals surface area (Å²) in [6, 6.07) is 5.26. The lowest BCUT2D eigenvalue weighted by Gasteiger charge is -2.46. The van der Waals surface area contributed by atoms with Crippen molar-refractivity contribution in [2.45, 2.75) is 6.04 Å². The molecule has 0 saturated carbocycles. The summed E-state index contributed by atoms with van der Waals surface area (Å²) in [4.78, 5) is 16.4. The summed E-state index contributed by atoms with van der Waals surface area (Å²) in [7, 11) is 0. The van der Waals surface area contributed by atoms with Gasteiger partial charge in [0.25, 0.3) is 5.91 Å². The van der Waals surface area contributed by atoms with Crippen molar-refractivity contribution in [2.24, 2.45) is 0 Å². The summed E-state index contributed by atoms with van der Waals surface area (Å²) >= 11 is 3.12. The van der Waals surface area contributed by atoms with Gasteiger partial charge in [-0.15, -0.1) is 0 Å². The third kappa shape index (κ3) is 2.60. The van der Waals surface area contributed by atoms with E-state index in [1.807, 2.05) is 0 Å². The van der Waals surface area contributed by atoms with Crippen LogP contribution < -0.4 is 5.32 Å². The van der Waals surface area contributed by atoms with Crippen LogP contribution >= 0.6 is 15.9 Å². The van der Waals surface area contributed by atoms with Crippen LogP contribution in [0.4, 0.5) is 4.39 Å². The Morgan fingerprint density at radius 1 is 1.30 bits per heavy atom. The Labute approximate surface area is 126 Å². The number of amides is 1. The first-order valence-corrected chi connectivity index (χ1v) is 7.64. The third-order valence-corrected chi connectivity index (χ3v) is 4.61. The SMILES string of the molecule is O=C(c1cccc(Br)c1F)N1CC(N2CCNCC2)C1. The van der Waals surface area contributed by atoms with Crippen LogP contribution in [0, 0.1) is 5.82 Å². The lowest BCUT2D eigenvalue weighted by molar-refractivity contribution is 0.0223. The number of nitrogens with one attached hydrogen (secondary N) is 1. The zero-order valence-corrected chi connectivity index (χ0v) is 12.7. The molecule has 3 rings (SSSR count). The van der Waals surface area contributed by atoms with Crippen molar-refractivity contribution in [3.8, 4) is 0 Å². The second kappa shape index (κ2) is 5.79. The van der Waals surface area contributed by atoms with E-state index in [-0.39, 0.29) is 11.5 Å². The number of halogens is 2. The highest BCUT2D eigenvalue weighted by molar-refractivity contribution is 9.10. The predicted molar refractivity (Wildman–Crippen MR) is 78.2 cm³/mol.